The molecular weight excluding hydrogens is 312 g/mol. The van der Waals surface area contributed by atoms with Crippen molar-refractivity contribution < 1.29 is 0 Å². The van der Waals surface area contributed by atoms with Crippen LogP contribution in [0.5, 0.6) is 0 Å². The third kappa shape index (κ3) is 3.68. The molecule has 20 heavy (non-hydrogen) atoms. The molecule has 0 saturated carbocycles. The number of aryl methyl sites for hydroxylation is 2. The molecule has 1 aromatic carbocycles. The molecule has 0 saturated heterocycles. The van der Waals surface area contributed by atoms with Gasteiger partial charge in [0.25, 0.3) is 0 Å². The van der Waals surface area contributed by atoms with Gasteiger partial charge in [-0.1, -0.05) is 46.6 Å². The van der Waals surface area contributed by atoms with Crippen molar-refractivity contribution in [3.63, 3.8) is 0 Å². The topological polar surface area (TPSA) is 24.9 Å². The van der Waals surface area contributed by atoms with E-state index in [-0.39, 0.29) is 6.04 Å². The van der Waals surface area contributed by atoms with E-state index in [1.165, 1.54) is 16.7 Å². The number of nitrogens with zero attached hydrogens (tertiary/aromatic N) is 1. The van der Waals surface area contributed by atoms with E-state index in [1.54, 1.807) is 0 Å². The third-order valence-electron chi connectivity index (χ3n) is 3.33. The molecule has 2 aromatic rings. The van der Waals surface area contributed by atoms with Gasteiger partial charge in [0.15, 0.2) is 0 Å². The third-order valence-corrected chi connectivity index (χ3v) is 4.05. The summed E-state index contributed by atoms with van der Waals surface area (Å²) < 4.78 is 1.14. The van der Waals surface area contributed by atoms with Crippen LogP contribution in [-0.4, -0.2) is 11.5 Å². The Bertz CT molecular complexity index is 564. The molecule has 0 spiro atoms. The van der Waals surface area contributed by atoms with Crippen molar-refractivity contribution in [2.24, 2.45) is 0 Å². The van der Waals surface area contributed by atoms with Crippen LogP contribution in [0.25, 0.3) is 0 Å². The van der Waals surface area contributed by atoms with Crippen molar-refractivity contribution in [1.82, 2.24) is 10.3 Å². The Balaban J connectivity index is 2.41. The quantitative estimate of drug-likeness (QED) is 0.868. The summed E-state index contributed by atoms with van der Waals surface area (Å²) in [5, 5.41) is 3.62. The van der Waals surface area contributed by atoms with Crippen LogP contribution < -0.4 is 5.32 Å². The number of rotatable bonds is 5. The van der Waals surface area contributed by atoms with Crippen molar-refractivity contribution in [2.45, 2.75) is 33.2 Å². The molecule has 0 aliphatic rings. The van der Waals surface area contributed by atoms with E-state index in [0.29, 0.717) is 0 Å². The Kier molecular flexibility index (Phi) is 5.32. The van der Waals surface area contributed by atoms with E-state index in [1.807, 2.05) is 13.1 Å². The van der Waals surface area contributed by atoms with Crippen molar-refractivity contribution >= 4 is 15.9 Å². The number of halogens is 1. The van der Waals surface area contributed by atoms with Crippen molar-refractivity contribution in [1.29, 1.82) is 0 Å². The molecule has 0 fully saturated rings. The van der Waals surface area contributed by atoms with Gasteiger partial charge in [0.2, 0.25) is 0 Å². The summed E-state index contributed by atoms with van der Waals surface area (Å²) in [5.74, 6) is 0. The van der Waals surface area contributed by atoms with Crippen molar-refractivity contribution in [3.8, 4) is 0 Å². The van der Waals surface area contributed by atoms with Gasteiger partial charge in [-0.15, -0.1) is 0 Å². The zero-order valence-corrected chi connectivity index (χ0v) is 13.9. The smallest absolute Gasteiger partial charge is 0.0603 e. The highest BCUT2D eigenvalue weighted by molar-refractivity contribution is 9.10. The Hall–Kier alpha value is -1.19. The van der Waals surface area contributed by atoms with E-state index in [2.05, 4.69) is 70.4 Å². The van der Waals surface area contributed by atoms with Gasteiger partial charge < -0.3 is 5.32 Å². The van der Waals surface area contributed by atoms with E-state index >= 15 is 0 Å². The molecule has 0 bridgehead atoms. The van der Waals surface area contributed by atoms with Crippen LogP contribution in [0.2, 0.25) is 0 Å². The standard InChI is InChI=1S/C17H21BrN2/c1-4-9-19-17(14-7-6-13(3)20-11-14)15-10-12(2)5-8-16(15)18/h5-8,10-11,17,19H,4,9H2,1-3H3. The highest BCUT2D eigenvalue weighted by Gasteiger charge is 2.16. The Morgan fingerprint density at radius 1 is 1.20 bits per heavy atom. The van der Waals surface area contributed by atoms with E-state index in [0.717, 1.165) is 23.1 Å². The first-order chi connectivity index (χ1) is 9.61. The highest BCUT2D eigenvalue weighted by Crippen LogP contribution is 2.29. The SMILES string of the molecule is CCCNC(c1ccc(C)nc1)c1cc(C)ccc1Br. The van der Waals surface area contributed by atoms with E-state index in [4.69, 9.17) is 0 Å². The highest BCUT2D eigenvalue weighted by atomic mass is 79.9. The fourth-order valence-electron chi connectivity index (χ4n) is 2.23. The molecule has 106 valence electrons. The lowest BCUT2D eigenvalue weighted by molar-refractivity contribution is 0.595. The largest absolute Gasteiger partial charge is 0.306 e. The molecule has 1 unspecified atom stereocenters. The average molecular weight is 333 g/mol. The molecule has 3 heteroatoms. The lowest BCUT2D eigenvalue weighted by atomic mass is 9.98. The van der Waals surface area contributed by atoms with Crippen molar-refractivity contribution in [2.75, 3.05) is 6.54 Å². The average Bonchev–Trinajstić information content (AvgIpc) is 2.44. The number of hydrogen-bond acceptors (Lipinski definition) is 2. The van der Waals surface area contributed by atoms with Crippen LogP contribution in [0.15, 0.2) is 41.0 Å². The molecule has 2 rings (SSSR count). The second-order valence-electron chi connectivity index (χ2n) is 5.15. The van der Waals surface area contributed by atoms with Gasteiger partial charge in [0.05, 0.1) is 6.04 Å². The van der Waals surface area contributed by atoms with Crippen LogP contribution in [-0.2, 0) is 0 Å². The molecule has 0 radical (unpaired) electrons. The number of nitrogens with one attached hydrogen (secondary N) is 1. The predicted octanol–water partition coefficient (Wildman–Crippen LogP) is 4.55. The lowest BCUT2D eigenvalue weighted by Crippen LogP contribution is -2.23. The molecule has 1 atom stereocenters. The van der Waals surface area contributed by atoms with E-state index < -0.39 is 0 Å². The summed E-state index contributed by atoms with van der Waals surface area (Å²) in [4.78, 5) is 4.43. The lowest BCUT2D eigenvalue weighted by Gasteiger charge is -2.21. The maximum absolute atomic E-state index is 4.43. The Morgan fingerprint density at radius 2 is 2.00 bits per heavy atom. The second kappa shape index (κ2) is 7.00. The molecule has 0 aliphatic carbocycles. The van der Waals surface area contributed by atoms with Crippen LogP contribution >= 0.6 is 15.9 Å². The molecule has 0 aliphatic heterocycles. The van der Waals surface area contributed by atoms with Crippen LogP contribution in [0.1, 0.15) is 41.8 Å². The summed E-state index contributed by atoms with van der Waals surface area (Å²) in [6.07, 6.45) is 3.08. The maximum Gasteiger partial charge on any atom is 0.0603 e. The van der Waals surface area contributed by atoms with Gasteiger partial charge in [-0.3, -0.25) is 4.98 Å². The van der Waals surface area contributed by atoms with Crippen LogP contribution in [0.4, 0.5) is 0 Å². The van der Waals surface area contributed by atoms with Crippen LogP contribution in [0.3, 0.4) is 0 Å². The number of benzene rings is 1. The van der Waals surface area contributed by atoms with Gasteiger partial charge in [0.1, 0.15) is 0 Å². The van der Waals surface area contributed by atoms with Crippen LogP contribution in [0, 0.1) is 13.8 Å². The summed E-state index contributed by atoms with van der Waals surface area (Å²) in [6.45, 7) is 7.31. The molecule has 1 heterocycles. The molecule has 0 amide bonds. The predicted molar refractivity (Wildman–Crippen MR) is 88.0 cm³/mol. The normalized spacial score (nSPS) is 12.4. The Morgan fingerprint density at radius 3 is 2.65 bits per heavy atom. The molecule has 1 aromatic heterocycles. The van der Waals surface area contributed by atoms with Crippen molar-refractivity contribution in [3.05, 3.63) is 63.4 Å². The number of pyridine rings is 1. The van der Waals surface area contributed by atoms with Gasteiger partial charge in [-0.05, 0) is 50.1 Å². The zero-order chi connectivity index (χ0) is 14.5. The molecule has 2 nitrogen and oxygen atoms in total. The minimum absolute atomic E-state index is 0.178. The minimum Gasteiger partial charge on any atom is -0.306 e. The fourth-order valence-corrected chi connectivity index (χ4v) is 2.71. The van der Waals surface area contributed by atoms with E-state index in [9.17, 15) is 0 Å². The zero-order valence-electron chi connectivity index (χ0n) is 12.3. The van der Waals surface area contributed by atoms with Gasteiger partial charge in [-0.2, -0.15) is 0 Å². The first kappa shape index (κ1) is 15.2. The minimum atomic E-state index is 0.178. The number of hydrogen-bond donors (Lipinski definition) is 1. The second-order valence-corrected chi connectivity index (χ2v) is 6.00. The summed E-state index contributed by atoms with van der Waals surface area (Å²) in [5.41, 5.74) is 4.79. The van der Waals surface area contributed by atoms with Gasteiger partial charge in [0, 0.05) is 16.4 Å². The van der Waals surface area contributed by atoms with Gasteiger partial charge in [-0.25, -0.2) is 0 Å². The summed E-state index contributed by atoms with van der Waals surface area (Å²) in [7, 11) is 0. The number of aromatic nitrogens is 1. The Labute approximate surface area is 129 Å². The monoisotopic (exact) mass is 332 g/mol. The fraction of sp³-hybridized carbons (Fsp3) is 0.353. The molecular formula is C17H21BrN2. The van der Waals surface area contributed by atoms with Gasteiger partial charge >= 0.3 is 0 Å². The molecule has 1 N–H and O–H groups in total. The summed E-state index contributed by atoms with van der Waals surface area (Å²) in [6, 6.07) is 10.9. The summed E-state index contributed by atoms with van der Waals surface area (Å²) >= 11 is 3.67. The first-order valence-corrected chi connectivity index (χ1v) is 7.83. The first-order valence-electron chi connectivity index (χ1n) is 7.03. The maximum atomic E-state index is 4.43.